The average molecular weight is 591 g/mol. The third-order valence-electron chi connectivity index (χ3n) is 4.59. The van der Waals surface area contributed by atoms with Gasteiger partial charge in [-0.05, 0) is 80.7 Å². The summed E-state index contributed by atoms with van der Waals surface area (Å²) in [5, 5.41) is 0. The highest BCUT2D eigenvalue weighted by Crippen LogP contribution is 2.36. The van der Waals surface area contributed by atoms with E-state index in [-0.39, 0.29) is 12.1 Å². The summed E-state index contributed by atoms with van der Waals surface area (Å²) in [6.45, 7) is 8.31. The van der Waals surface area contributed by atoms with Gasteiger partial charge in [0.1, 0.15) is 5.60 Å². The molecule has 0 N–H and O–H groups in total. The number of anilines is 1. The van der Waals surface area contributed by atoms with Crippen LogP contribution < -0.4 is 4.90 Å². The van der Waals surface area contributed by atoms with Gasteiger partial charge in [-0.3, -0.25) is 9.97 Å². The molecule has 0 spiro atoms. The zero-order valence-electron chi connectivity index (χ0n) is 16.5. The van der Waals surface area contributed by atoms with Gasteiger partial charge in [-0.1, -0.05) is 0 Å². The smallest absolute Gasteiger partial charge is 0.410 e. The standard InChI is InChI=1S/C15H20BrN3O2.C5H3Br2N/c1-15(2,3)21-14(20)19-8-10-7-18(9-13(10)19)12-4-11(16)5-17-6-12;6-4-1-5(7)3-8-2-4/h4-6,10,13H,7-9H2,1-3H3;1-3H/t10-,13-;/m0./s1. The van der Waals surface area contributed by atoms with Crippen molar-refractivity contribution in [3.05, 3.63) is 50.3 Å². The van der Waals surface area contributed by atoms with Gasteiger partial charge in [-0.25, -0.2) is 4.79 Å². The summed E-state index contributed by atoms with van der Waals surface area (Å²) >= 11 is 9.99. The largest absolute Gasteiger partial charge is 0.444 e. The fraction of sp³-hybridized carbons (Fsp3) is 0.450. The van der Waals surface area contributed by atoms with E-state index in [4.69, 9.17) is 4.74 Å². The molecule has 0 aliphatic carbocycles. The summed E-state index contributed by atoms with van der Waals surface area (Å²) in [5.41, 5.74) is 0.664. The summed E-state index contributed by atoms with van der Waals surface area (Å²) < 4.78 is 8.42. The number of ether oxygens (including phenoxy) is 1. The van der Waals surface area contributed by atoms with Crippen LogP contribution in [0.5, 0.6) is 0 Å². The maximum atomic E-state index is 12.1. The van der Waals surface area contributed by atoms with Gasteiger partial charge >= 0.3 is 6.09 Å². The van der Waals surface area contributed by atoms with E-state index in [0.29, 0.717) is 5.92 Å². The van der Waals surface area contributed by atoms with Crippen LogP contribution in [0.2, 0.25) is 0 Å². The van der Waals surface area contributed by atoms with Gasteiger partial charge in [-0.2, -0.15) is 0 Å². The number of halogens is 3. The number of likely N-dealkylation sites (tertiary alicyclic amines) is 1. The predicted molar refractivity (Wildman–Crippen MR) is 124 cm³/mol. The predicted octanol–water partition coefficient (Wildman–Crippen LogP) is 5.51. The van der Waals surface area contributed by atoms with Gasteiger partial charge in [-0.15, -0.1) is 0 Å². The maximum absolute atomic E-state index is 12.1. The summed E-state index contributed by atoms with van der Waals surface area (Å²) in [6.07, 6.45) is 6.93. The highest BCUT2D eigenvalue weighted by atomic mass is 79.9. The van der Waals surface area contributed by atoms with E-state index in [1.165, 1.54) is 0 Å². The van der Waals surface area contributed by atoms with E-state index in [1.807, 2.05) is 37.9 Å². The molecule has 29 heavy (non-hydrogen) atoms. The van der Waals surface area contributed by atoms with Crippen LogP contribution in [0.4, 0.5) is 10.5 Å². The number of pyridine rings is 2. The monoisotopic (exact) mass is 588 g/mol. The number of rotatable bonds is 1. The van der Waals surface area contributed by atoms with Crippen LogP contribution in [-0.4, -0.2) is 52.2 Å². The Morgan fingerprint density at radius 1 is 0.966 bits per heavy atom. The highest BCUT2D eigenvalue weighted by molar-refractivity contribution is 9.11. The fourth-order valence-corrected chi connectivity index (χ4v) is 4.73. The molecule has 1 amide bonds. The molecule has 2 aromatic heterocycles. The van der Waals surface area contributed by atoms with Crippen LogP contribution in [0.25, 0.3) is 0 Å². The lowest BCUT2D eigenvalue weighted by molar-refractivity contribution is -0.0163. The molecule has 4 heterocycles. The van der Waals surface area contributed by atoms with Gasteiger partial charge < -0.3 is 14.5 Å². The quantitative estimate of drug-likeness (QED) is 0.439. The second-order valence-electron chi connectivity index (χ2n) is 8.05. The van der Waals surface area contributed by atoms with Crippen LogP contribution >= 0.6 is 47.8 Å². The Hall–Kier alpha value is -1.19. The molecular weight excluding hydrogens is 568 g/mol. The van der Waals surface area contributed by atoms with Gasteiger partial charge in [0.15, 0.2) is 0 Å². The molecule has 2 aromatic rings. The van der Waals surface area contributed by atoms with Crippen molar-refractivity contribution in [3.8, 4) is 0 Å². The second kappa shape index (κ2) is 9.31. The molecule has 156 valence electrons. The average Bonchev–Trinajstić information content (AvgIpc) is 2.90. The third-order valence-corrected chi connectivity index (χ3v) is 5.89. The molecule has 0 saturated carbocycles. The lowest BCUT2D eigenvalue weighted by Gasteiger charge is -2.43. The second-order valence-corrected chi connectivity index (χ2v) is 10.8. The first-order valence-corrected chi connectivity index (χ1v) is 11.6. The Balaban J connectivity index is 0.000000252. The molecule has 0 aromatic carbocycles. The molecule has 6 nitrogen and oxygen atoms in total. The van der Waals surface area contributed by atoms with E-state index >= 15 is 0 Å². The fourth-order valence-electron chi connectivity index (χ4n) is 3.34. The molecule has 2 atom stereocenters. The van der Waals surface area contributed by atoms with Crippen LogP contribution in [0.3, 0.4) is 0 Å². The Kier molecular flexibility index (Phi) is 7.22. The van der Waals surface area contributed by atoms with Crippen molar-refractivity contribution >= 4 is 59.6 Å². The SMILES string of the molecule is Brc1cncc(Br)c1.CC(C)(C)OC(=O)N1C[C@@H]2CN(c3cncc(Br)c3)C[C@@H]21. The van der Waals surface area contributed by atoms with E-state index < -0.39 is 5.60 Å². The molecule has 9 heteroatoms. The molecule has 2 aliphatic heterocycles. The minimum Gasteiger partial charge on any atom is -0.444 e. The lowest BCUT2D eigenvalue weighted by Crippen LogP contribution is -2.59. The number of fused-ring (bicyclic) bond motifs is 1. The van der Waals surface area contributed by atoms with Crippen molar-refractivity contribution in [2.24, 2.45) is 5.92 Å². The van der Waals surface area contributed by atoms with E-state index in [9.17, 15) is 4.79 Å². The van der Waals surface area contributed by atoms with Crippen molar-refractivity contribution in [1.29, 1.82) is 0 Å². The first-order valence-electron chi connectivity index (χ1n) is 9.23. The van der Waals surface area contributed by atoms with Crippen molar-refractivity contribution in [2.75, 3.05) is 24.5 Å². The van der Waals surface area contributed by atoms with Crippen LogP contribution in [0, 0.1) is 5.92 Å². The summed E-state index contributed by atoms with van der Waals surface area (Å²) in [5.74, 6) is 0.538. The number of carbonyl (C=O) groups is 1. The van der Waals surface area contributed by atoms with Crippen LogP contribution in [0.1, 0.15) is 20.8 Å². The summed E-state index contributed by atoms with van der Waals surface area (Å²) in [7, 11) is 0. The third kappa shape index (κ3) is 6.15. The van der Waals surface area contributed by atoms with Crippen LogP contribution in [0.15, 0.2) is 50.3 Å². The number of nitrogens with zero attached hydrogens (tertiary/aromatic N) is 4. The molecule has 0 radical (unpaired) electrons. The number of amides is 1. The van der Waals surface area contributed by atoms with E-state index in [0.717, 1.165) is 38.7 Å². The number of hydrogen-bond donors (Lipinski definition) is 0. The molecule has 2 aliphatic rings. The molecule has 2 fully saturated rings. The first-order chi connectivity index (χ1) is 13.6. The molecule has 2 saturated heterocycles. The van der Waals surface area contributed by atoms with Crippen molar-refractivity contribution in [1.82, 2.24) is 14.9 Å². The first kappa shape index (κ1) is 22.5. The van der Waals surface area contributed by atoms with Crippen LogP contribution in [-0.2, 0) is 4.74 Å². The number of carbonyl (C=O) groups excluding carboxylic acids is 1. The van der Waals surface area contributed by atoms with Crippen molar-refractivity contribution in [3.63, 3.8) is 0 Å². The van der Waals surface area contributed by atoms with E-state index in [2.05, 4.69) is 68.7 Å². The number of hydrogen-bond acceptors (Lipinski definition) is 5. The Morgan fingerprint density at radius 3 is 2.07 bits per heavy atom. The van der Waals surface area contributed by atoms with Crippen molar-refractivity contribution in [2.45, 2.75) is 32.4 Å². The van der Waals surface area contributed by atoms with E-state index in [1.54, 1.807) is 18.6 Å². The topological polar surface area (TPSA) is 58.6 Å². The lowest BCUT2D eigenvalue weighted by atomic mass is 9.93. The molecule has 4 rings (SSSR count). The summed E-state index contributed by atoms with van der Waals surface area (Å²) in [4.78, 5) is 24.4. The molecule has 0 unspecified atom stereocenters. The minimum atomic E-state index is -0.436. The van der Waals surface area contributed by atoms with Crippen molar-refractivity contribution < 1.29 is 9.53 Å². The Bertz CT molecular complexity index is 858. The summed E-state index contributed by atoms with van der Waals surface area (Å²) in [6, 6.07) is 4.27. The van der Waals surface area contributed by atoms with Gasteiger partial charge in [0.2, 0.25) is 0 Å². The highest BCUT2D eigenvalue weighted by Gasteiger charge is 2.49. The van der Waals surface area contributed by atoms with Gasteiger partial charge in [0.05, 0.1) is 17.9 Å². The zero-order valence-corrected chi connectivity index (χ0v) is 21.2. The maximum Gasteiger partial charge on any atom is 0.410 e. The molecular formula is C20H23Br3N4O2. The van der Waals surface area contributed by atoms with Gasteiger partial charge in [0.25, 0.3) is 0 Å². The Labute approximate surface area is 196 Å². The molecule has 0 bridgehead atoms. The van der Waals surface area contributed by atoms with Gasteiger partial charge in [0, 0.05) is 57.6 Å². The number of aromatic nitrogens is 2. The zero-order chi connectivity index (χ0) is 21.2. The minimum absolute atomic E-state index is 0.196. The normalized spacial score (nSPS) is 20.3. The Morgan fingerprint density at radius 2 is 1.55 bits per heavy atom.